The molecule has 0 bridgehead atoms. The zero-order valence-electron chi connectivity index (χ0n) is 19.4. The molecule has 0 aliphatic carbocycles. The Morgan fingerprint density at radius 3 is 2.76 bits per heavy atom. The van der Waals surface area contributed by atoms with Crippen LogP contribution in [0.1, 0.15) is 37.1 Å². The average molecular weight is 477 g/mol. The number of fused-ring (bicyclic) bond motifs is 5. The first-order valence-electron chi connectivity index (χ1n) is 11.7. The van der Waals surface area contributed by atoms with Crippen LogP contribution in [0, 0.1) is 0 Å². The van der Waals surface area contributed by atoms with Crippen LogP contribution in [0.15, 0.2) is 42.5 Å². The van der Waals surface area contributed by atoms with Gasteiger partial charge in [0.2, 0.25) is 5.91 Å². The van der Waals surface area contributed by atoms with Gasteiger partial charge in [-0.15, -0.1) is 0 Å². The van der Waals surface area contributed by atoms with Crippen LogP contribution in [-0.4, -0.2) is 59.2 Å². The number of benzene rings is 2. The van der Waals surface area contributed by atoms with Gasteiger partial charge in [-0.25, -0.2) is 4.98 Å². The van der Waals surface area contributed by atoms with Crippen LogP contribution in [0.3, 0.4) is 0 Å². The number of piperidine rings is 1. The van der Waals surface area contributed by atoms with Crippen molar-refractivity contribution >= 4 is 43.5 Å². The lowest BCUT2D eigenvalue weighted by Gasteiger charge is -2.50. The number of anilines is 1. The molecule has 2 aliphatic rings. The van der Waals surface area contributed by atoms with Crippen molar-refractivity contribution < 1.29 is 14.6 Å². The lowest BCUT2D eigenvalue weighted by atomic mass is 9.68. The number of carbonyl (C=O) groups excluding carboxylic acids is 1. The Labute approximate surface area is 202 Å². The maximum Gasteiger partial charge on any atom is 0.220 e. The third-order valence-corrected chi connectivity index (χ3v) is 8.70. The molecule has 6 rings (SSSR count). The number of aliphatic hydroxyl groups is 1. The summed E-state index contributed by atoms with van der Waals surface area (Å²) in [7, 11) is 1.66. The van der Waals surface area contributed by atoms with Gasteiger partial charge in [0.1, 0.15) is 5.75 Å². The molecular weight excluding hydrogens is 448 g/mol. The maximum absolute atomic E-state index is 12.7. The number of rotatable bonds is 3. The van der Waals surface area contributed by atoms with Gasteiger partial charge in [-0.05, 0) is 42.7 Å². The fourth-order valence-electron chi connectivity index (χ4n) is 5.87. The van der Waals surface area contributed by atoms with Crippen molar-refractivity contribution in [3.63, 3.8) is 0 Å². The molecule has 4 aromatic rings. The van der Waals surface area contributed by atoms with Crippen LogP contribution in [0.4, 0.5) is 5.13 Å². The number of aliphatic hydroxyl groups excluding tert-OH is 1. The van der Waals surface area contributed by atoms with Gasteiger partial charge in [0, 0.05) is 54.6 Å². The topological polar surface area (TPSA) is 81.7 Å². The number of carbonyl (C=O) groups is 1. The summed E-state index contributed by atoms with van der Waals surface area (Å²) < 4.78 is 6.65. The molecule has 176 valence electrons. The molecule has 2 aromatic heterocycles. The maximum atomic E-state index is 12.7. The summed E-state index contributed by atoms with van der Waals surface area (Å²) in [5, 5.41) is 12.5. The highest BCUT2D eigenvalue weighted by atomic mass is 32.1. The number of nitrogens with one attached hydrogen (secondary N) is 1. The molecule has 1 fully saturated rings. The molecule has 34 heavy (non-hydrogen) atoms. The molecule has 1 saturated heterocycles. The van der Waals surface area contributed by atoms with Crippen molar-refractivity contribution in [2.24, 2.45) is 0 Å². The molecule has 2 N–H and O–H groups in total. The molecule has 7 nitrogen and oxygen atoms in total. The zero-order valence-corrected chi connectivity index (χ0v) is 20.2. The highest BCUT2D eigenvalue weighted by Crippen LogP contribution is 2.49. The van der Waals surface area contributed by atoms with E-state index in [1.807, 2.05) is 23.1 Å². The van der Waals surface area contributed by atoms with E-state index < -0.39 is 0 Å². The van der Waals surface area contributed by atoms with Crippen LogP contribution in [0.2, 0.25) is 0 Å². The summed E-state index contributed by atoms with van der Waals surface area (Å²) in [6.07, 6.45) is 1.83. The number of H-pyrrole nitrogens is 1. The number of ether oxygens (including phenoxy) is 1. The lowest BCUT2D eigenvalue weighted by Crippen LogP contribution is -2.55. The van der Waals surface area contributed by atoms with Crippen molar-refractivity contribution in [1.82, 2.24) is 14.9 Å². The molecule has 2 aromatic carbocycles. The van der Waals surface area contributed by atoms with E-state index in [1.54, 1.807) is 25.4 Å². The predicted octanol–water partition coefficient (Wildman–Crippen LogP) is 4.22. The van der Waals surface area contributed by atoms with E-state index in [-0.39, 0.29) is 24.0 Å². The second-order valence-electron chi connectivity index (χ2n) is 9.40. The Kier molecular flexibility index (Phi) is 5.04. The minimum atomic E-state index is -0.362. The first-order valence-corrected chi connectivity index (χ1v) is 12.5. The minimum absolute atomic E-state index is 0.00563. The molecule has 0 radical (unpaired) electrons. The van der Waals surface area contributed by atoms with E-state index in [1.165, 1.54) is 10.3 Å². The number of amides is 1. The predicted molar refractivity (Wildman–Crippen MR) is 135 cm³/mol. The fourth-order valence-corrected chi connectivity index (χ4v) is 6.88. The summed E-state index contributed by atoms with van der Waals surface area (Å²) in [5.41, 5.74) is 4.07. The Bertz CT molecular complexity index is 1350. The van der Waals surface area contributed by atoms with Crippen LogP contribution >= 0.6 is 11.3 Å². The van der Waals surface area contributed by atoms with E-state index in [9.17, 15) is 9.90 Å². The quantitative estimate of drug-likeness (QED) is 0.463. The van der Waals surface area contributed by atoms with E-state index in [4.69, 9.17) is 9.72 Å². The first-order chi connectivity index (χ1) is 16.5. The van der Waals surface area contributed by atoms with Gasteiger partial charge in [0.15, 0.2) is 5.13 Å². The number of hydrogen-bond donors (Lipinski definition) is 2. The molecule has 8 heteroatoms. The standard InChI is InChI=1S/C26H28N4O3S/c1-16(32)30-15-26(9-11-29(12-10-26)25-28-19-5-3-4-6-22(19)34-25)23-18-8-7-17(33-2)13-20(18)27-24(23)21(30)14-31/h3-8,13,21,27,31H,9-12,14-15H2,1-2H3/t21-/m0/s1. The van der Waals surface area contributed by atoms with Crippen LogP contribution in [-0.2, 0) is 10.2 Å². The largest absolute Gasteiger partial charge is 0.497 e. The average Bonchev–Trinajstić information content (AvgIpc) is 3.46. The first kappa shape index (κ1) is 21.4. The third kappa shape index (κ3) is 3.20. The van der Waals surface area contributed by atoms with Gasteiger partial charge < -0.3 is 24.6 Å². The van der Waals surface area contributed by atoms with E-state index in [2.05, 4.69) is 34.1 Å². The number of aromatic amines is 1. The number of nitrogens with zero attached hydrogens (tertiary/aromatic N) is 3. The van der Waals surface area contributed by atoms with E-state index >= 15 is 0 Å². The van der Waals surface area contributed by atoms with Gasteiger partial charge in [0.25, 0.3) is 0 Å². The number of aromatic nitrogens is 2. The molecule has 1 atom stereocenters. The molecule has 2 aliphatic heterocycles. The highest BCUT2D eigenvalue weighted by molar-refractivity contribution is 7.22. The Hall–Kier alpha value is -3.10. The van der Waals surface area contributed by atoms with Gasteiger partial charge in [0.05, 0.1) is 30.0 Å². The smallest absolute Gasteiger partial charge is 0.220 e. The Morgan fingerprint density at radius 1 is 1.26 bits per heavy atom. The van der Waals surface area contributed by atoms with E-state index in [0.717, 1.165) is 58.9 Å². The number of methoxy groups -OCH3 is 1. The summed E-state index contributed by atoms with van der Waals surface area (Å²) >= 11 is 1.74. The number of thiazole rings is 1. The highest BCUT2D eigenvalue weighted by Gasteiger charge is 2.48. The zero-order chi connectivity index (χ0) is 23.4. The fraction of sp³-hybridized carbons (Fsp3) is 0.385. The monoisotopic (exact) mass is 476 g/mol. The van der Waals surface area contributed by atoms with Crippen molar-refractivity contribution in [1.29, 1.82) is 0 Å². The third-order valence-electron chi connectivity index (χ3n) is 7.60. The lowest BCUT2D eigenvalue weighted by molar-refractivity contribution is -0.134. The molecular formula is C26H28N4O3S. The molecule has 1 spiro atoms. The number of hydrogen-bond acceptors (Lipinski definition) is 6. The summed E-state index contributed by atoms with van der Waals surface area (Å²) in [4.78, 5) is 25.3. The Morgan fingerprint density at radius 2 is 2.06 bits per heavy atom. The van der Waals surface area contributed by atoms with Crippen LogP contribution in [0.5, 0.6) is 5.75 Å². The Balaban J connectivity index is 1.41. The SMILES string of the molecule is COc1ccc2c3c([nH]c2c1)[C@H](CO)N(C(C)=O)CC31CCN(c2nc3ccccc3s2)CC1. The van der Waals surface area contributed by atoms with E-state index in [0.29, 0.717) is 6.54 Å². The minimum Gasteiger partial charge on any atom is -0.497 e. The van der Waals surface area contributed by atoms with Crippen molar-refractivity contribution in [2.75, 3.05) is 38.3 Å². The second kappa shape index (κ2) is 7.99. The normalized spacial score (nSPS) is 19.7. The van der Waals surface area contributed by atoms with Crippen molar-refractivity contribution in [3.8, 4) is 5.75 Å². The summed E-state index contributed by atoms with van der Waals surface area (Å²) in [6, 6.07) is 14.0. The number of para-hydroxylation sites is 1. The second-order valence-corrected chi connectivity index (χ2v) is 10.4. The van der Waals surface area contributed by atoms with Gasteiger partial charge in [-0.1, -0.05) is 23.5 Å². The summed E-state index contributed by atoms with van der Waals surface area (Å²) in [5.74, 6) is 0.781. The van der Waals surface area contributed by atoms with Crippen molar-refractivity contribution in [3.05, 3.63) is 53.7 Å². The van der Waals surface area contributed by atoms with Crippen LogP contribution in [0.25, 0.3) is 21.1 Å². The van der Waals surface area contributed by atoms with Gasteiger partial charge in [-0.2, -0.15) is 0 Å². The summed E-state index contributed by atoms with van der Waals surface area (Å²) in [6.45, 7) is 3.86. The van der Waals surface area contributed by atoms with Gasteiger partial charge >= 0.3 is 0 Å². The molecule has 1 amide bonds. The van der Waals surface area contributed by atoms with Gasteiger partial charge in [-0.3, -0.25) is 4.79 Å². The molecule has 0 saturated carbocycles. The van der Waals surface area contributed by atoms with Crippen LogP contribution < -0.4 is 9.64 Å². The molecule has 4 heterocycles. The molecule has 0 unspecified atom stereocenters. The van der Waals surface area contributed by atoms with Crippen molar-refractivity contribution in [2.45, 2.75) is 31.2 Å².